The average Bonchev–Trinajstić information content (AvgIpc) is 2.72. The molecule has 0 aromatic heterocycles. The summed E-state index contributed by atoms with van der Waals surface area (Å²) in [4.78, 5) is 0. The van der Waals surface area contributed by atoms with E-state index in [1.165, 1.54) is 33.4 Å². The van der Waals surface area contributed by atoms with Crippen molar-refractivity contribution < 1.29 is 0 Å². The lowest BCUT2D eigenvalue weighted by molar-refractivity contribution is 0.808. The molecule has 0 unspecified atom stereocenters. The predicted molar refractivity (Wildman–Crippen MR) is 100 cm³/mol. The van der Waals surface area contributed by atoms with Crippen molar-refractivity contribution in [2.24, 2.45) is 0 Å². The molecule has 0 saturated heterocycles. The molecule has 23 heavy (non-hydrogen) atoms. The van der Waals surface area contributed by atoms with Gasteiger partial charge in [-0.25, -0.2) is 0 Å². The molecule has 0 fully saturated rings. The van der Waals surface area contributed by atoms with Gasteiger partial charge in [-0.2, -0.15) is 0 Å². The summed E-state index contributed by atoms with van der Waals surface area (Å²) in [5.74, 6) is 0.567. The van der Waals surface area contributed by atoms with Gasteiger partial charge in [-0.05, 0) is 72.2 Å². The molecule has 1 aliphatic carbocycles. The Hall–Kier alpha value is -1.86. The summed E-state index contributed by atoms with van der Waals surface area (Å²) in [5, 5.41) is 3.26. The number of hydrogen-bond acceptors (Lipinski definition) is 1. The molecule has 2 aromatic carbocycles. The minimum Gasteiger partial charge on any atom is -0.319 e. The topological polar surface area (TPSA) is 12.0 Å². The summed E-state index contributed by atoms with van der Waals surface area (Å²) in [5.41, 5.74) is 8.68. The van der Waals surface area contributed by atoms with Crippen molar-refractivity contribution in [2.45, 2.75) is 39.0 Å². The van der Waals surface area contributed by atoms with Gasteiger partial charge in [0.05, 0.1) is 0 Å². The molecule has 0 bridgehead atoms. The lowest BCUT2D eigenvalue weighted by atomic mass is 9.90. The molecule has 1 nitrogen and oxygen atoms in total. The summed E-state index contributed by atoms with van der Waals surface area (Å²) in [6.45, 7) is 5.57. The summed E-state index contributed by atoms with van der Waals surface area (Å²) in [6, 6.07) is 16.0. The zero-order chi connectivity index (χ0) is 16.2. The fourth-order valence-corrected chi connectivity index (χ4v) is 3.42. The van der Waals surface area contributed by atoms with E-state index in [-0.39, 0.29) is 0 Å². The van der Waals surface area contributed by atoms with Crippen molar-refractivity contribution in [2.75, 3.05) is 13.6 Å². The van der Waals surface area contributed by atoms with Gasteiger partial charge in [0.25, 0.3) is 0 Å². The molecule has 0 aliphatic heterocycles. The Morgan fingerprint density at radius 1 is 1.00 bits per heavy atom. The smallest absolute Gasteiger partial charge is 0.00169 e. The third-order valence-electron chi connectivity index (χ3n) is 4.80. The molecule has 1 heteroatoms. The maximum Gasteiger partial charge on any atom is -0.00169 e. The van der Waals surface area contributed by atoms with E-state index in [1.807, 2.05) is 7.05 Å². The minimum absolute atomic E-state index is 0.567. The molecule has 0 spiro atoms. The third-order valence-corrected chi connectivity index (χ3v) is 4.80. The van der Waals surface area contributed by atoms with Crippen molar-refractivity contribution in [1.29, 1.82) is 0 Å². The van der Waals surface area contributed by atoms with Crippen LogP contribution in [0.1, 0.15) is 54.0 Å². The van der Waals surface area contributed by atoms with Gasteiger partial charge in [0.15, 0.2) is 0 Å². The Morgan fingerprint density at radius 2 is 1.74 bits per heavy atom. The second-order valence-electron chi connectivity index (χ2n) is 6.74. The minimum atomic E-state index is 0.567. The summed E-state index contributed by atoms with van der Waals surface area (Å²) in [6.07, 6.45) is 5.75. The first-order valence-corrected chi connectivity index (χ1v) is 8.77. The highest BCUT2D eigenvalue weighted by Crippen LogP contribution is 2.35. The van der Waals surface area contributed by atoms with Crippen molar-refractivity contribution in [3.63, 3.8) is 0 Å². The molecule has 1 aliphatic rings. The molecule has 0 saturated carbocycles. The highest BCUT2D eigenvalue weighted by atomic mass is 14.8. The second kappa shape index (κ2) is 7.14. The van der Waals surface area contributed by atoms with Gasteiger partial charge >= 0.3 is 0 Å². The van der Waals surface area contributed by atoms with Gasteiger partial charge in [-0.1, -0.05) is 62.4 Å². The van der Waals surface area contributed by atoms with E-state index in [4.69, 9.17) is 0 Å². The van der Waals surface area contributed by atoms with Gasteiger partial charge < -0.3 is 5.32 Å². The van der Waals surface area contributed by atoms with Crippen molar-refractivity contribution >= 4 is 5.57 Å². The Morgan fingerprint density at radius 3 is 2.48 bits per heavy atom. The molecular weight excluding hydrogens is 278 g/mol. The molecular formula is C22H27N. The maximum atomic E-state index is 3.26. The molecule has 0 heterocycles. The fourth-order valence-electron chi connectivity index (χ4n) is 3.42. The quantitative estimate of drug-likeness (QED) is 0.788. The van der Waals surface area contributed by atoms with Crippen LogP contribution in [0.2, 0.25) is 0 Å². The Kier molecular flexibility index (Phi) is 4.97. The van der Waals surface area contributed by atoms with Gasteiger partial charge in [-0.3, -0.25) is 0 Å². The number of nitrogens with one attached hydrogen (secondary N) is 1. The Balaban J connectivity index is 2.14. The lowest BCUT2D eigenvalue weighted by Gasteiger charge is -2.15. The molecule has 2 aromatic rings. The highest BCUT2D eigenvalue weighted by Gasteiger charge is 2.18. The first kappa shape index (κ1) is 16.0. The monoisotopic (exact) mass is 305 g/mol. The number of fused-ring (bicyclic) bond motifs is 2. The third kappa shape index (κ3) is 3.40. The van der Waals surface area contributed by atoms with Crippen LogP contribution in [-0.2, 0) is 12.8 Å². The molecule has 3 rings (SSSR count). The summed E-state index contributed by atoms with van der Waals surface area (Å²) < 4.78 is 0. The van der Waals surface area contributed by atoms with Crippen LogP contribution in [0.15, 0.2) is 48.5 Å². The molecule has 1 N–H and O–H groups in total. The SMILES string of the molecule is CNCC/C=C1\c2ccccc2CCc2ccc(C(C)C)cc21. The predicted octanol–water partition coefficient (Wildman–Crippen LogP) is 4.95. The number of benzene rings is 2. The van der Waals surface area contributed by atoms with E-state index in [0.29, 0.717) is 5.92 Å². The number of rotatable bonds is 4. The summed E-state index contributed by atoms with van der Waals surface area (Å²) >= 11 is 0. The van der Waals surface area contributed by atoms with Crippen LogP contribution in [0.4, 0.5) is 0 Å². The van der Waals surface area contributed by atoms with Crippen molar-refractivity contribution in [3.05, 3.63) is 76.4 Å². The number of hydrogen-bond donors (Lipinski definition) is 1. The molecule has 0 atom stereocenters. The lowest BCUT2D eigenvalue weighted by Crippen LogP contribution is -2.06. The van der Waals surface area contributed by atoms with Crippen LogP contribution >= 0.6 is 0 Å². The first-order chi connectivity index (χ1) is 11.2. The van der Waals surface area contributed by atoms with Gasteiger partial charge in [0, 0.05) is 0 Å². The van der Waals surface area contributed by atoms with Gasteiger partial charge in [0.2, 0.25) is 0 Å². The van der Waals surface area contributed by atoms with E-state index in [2.05, 4.69) is 67.7 Å². The zero-order valence-corrected chi connectivity index (χ0v) is 14.5. The Labute approximate surface area is 140 Å². The normalized spacial score (nSPS) is 15.4. The standard InChI is InChI=1S/C22H27N/c1-16(2)19-13-12-18-11-10-17-7-4-5-8-20(17)21(22(18)15-19)9-6-14-23-3/h4-5,7-9,12-13,15-16,23H,6,10-11,14H2,1-3H3/b21-9+. The average molecular weight is 305 g/mol. The second-order valence-corrected chi connectivity index (χ2v) is 6.74. The van der Waals surface area contributed by atoms with Gasteiger partial charge in [-0.15, -0.1) is 0 Å². The van der Waals surface area contributed by atoms with Crippen LogP contribution in [0.25, 0.3) is 5.57 Å². The molecule has 0 radical (unpaired) electrons. The largest absolute Gasteiger partial charge is 0.319 e. The van der Waals surface area contributed by atoms with E-state index < -0.39 is 0 Å². The van der Waals surface area contributed by atoms with Crippen LogP contribution < -0.4 is 5.32 Å². The first-order valence-electron chi connectivity index (χ1n) is 8.77. The van der Waals surface area contributed by atoms with Crippen LogP contribution in [0, 0.1) is 0 Å². The van der Waals surface area contributed by atoms with E-state index >= 15 is 0 Å². The van der Waals surface area contributed by atoms with Gasteiger partial charge in [0.1, 0.15) is 0 Å². The van der Waals surface area contributed by atoms with Crippen LogP contribution in [0.3, 0.4) is 0 Å². The molecule has 0 amide bonds. The van der Waals surface area contributed by atoms with E-state index in [1.54, 1.807) is 0 Å². The van der Waals surface area contributed by atoms with Crippen molar-refractivity contribution in [3.8, 4) is 0 Å². The fraction of sp³-hybridized carbons (Fsp3) is 0.364. The summed E-state index contributed by atoms with van der Waals surface area (Å²) in [7, 11) is 2.02. The number of aryl methyl sites for hydroxylation is 2. The van der Waals surface area contributed by atoms with Crippen LogP contribution in [0.5, 0.6) is 0 Å². The van der Waals surface area contributed by atoms with E-state index in [9.17, 15) is 0 Å². The van der Waals surface area contributed by atoms with Crippen LogP contribution in [-0.4, -0.2) is 13.6 Å². The van der Waals surface area contributed by atoms with Crippen molar-refractivity contribution in [1.82, 2.24) is 5.32 Å². The zero-order valence-electron chi connectivity index (χ0n) is 14.5. The van der Waals surface area contributed by atoms with E-state index in [0.717, 1.165) is 25.8 Å². The highest BCUT2D eigenvalue weighted by molar-refractivity contribution is 5.84. The maximum absolute atomic E-state index is 3.26. The Bertz CT molecular complexity index is 710. The molecule has 120 valence electrons.